The average Bonchev–Trinajstić information content (AvgIpc) is 3.09. The summed E-state index contributed by atoms with van der Waals surface area (Å²) in [7, 11) is 1.55. The molecule has 3 aliphatic heterocycles. The largest absolute Gasteiger partial charge is 0.495 e. The van der Waals surface area contributed by atoms with Gasteiger partial charge in [-0.05, 0) is 44.2 Å². The second-order valence-electron chi connectivity index (χ2n) is 8.53. The van der Waals surface area contributed by atoms with Gasteiger partial charge in [0.05, 0.1) is 31.9 Å². The number of amidine groups is 1. The number of hydrogen-bond donors (Lipinski definition) is 2. The fraction of sp³-hybridized carbons (Fsp3) is 0.409. The molecular formula is C22H24N4O5. The van der Waals surface area contributed by atoms with Crippen molar-refractivity contribution in [2.45, 2.75) is 25.0 Å². The third kappa shape index (κ3) is 2.69. The number of nitrogens with two attached hydrogens (primary N) is 1. The zero-order chi connectivity index (χ0) is 21.9. The Morgan fingerprint density at radius 2 is 2.00 bits per heavy atom. The predicted molar refractivity (Wildman–Crippen MR) is 112 cm³/mol. The maximum Gasteiger partial charge on any atom is 0.283 e. The number of fused-ring (bicyclic) bond motifs is 3. The monoisotopic (exact) mass is 424 g/mol. The molecule has 1 aromatic carbocycles. The van der Waals surface area contributed by atoms with Gasteiger partial charge >= 0.3 is 0 Å². The number of benzene rings is 1. The molecule has 31 heavy (non-hydrogen) atoms. The maximum absolute atomic E-state index is 12.7. The molecule has 0 bridgehead atoms. The average molecular weight is 424 g/mol. The van der Waals surface area contributed by atoms with E-state index in [1.165, 1.54) is 6.20 Å². The van der Waals surface area contributed by atoms with Crippen LogP contribution >= 0.6 is 0 Å². The van der Waals surface area contributed by atoms with Gasteiger partial charge < -0.3 is 30.0 Å². The number of rotatable bonds is 3. The summed E-state index contributed by atoms with van der Waals surface area (Å²) in [6.07, 6.45) is 1.50. The molecule has 3 N–H and O–H groups in total. The van der Waals surface area contributed by atoms with Gasteiger partial charge in [0.1, 0.15) is 34.9 Å². The SMILES string of the molecule is COc1ccc(C(=O)Nc2ccc3c(c2)C2(COC(N)=N2)C2(COC2)C(C)(C)O3)nc1. The number of amides is 1. The molecule has 5 rings (SSSR count). The third-order valence-electron chi connectivity index (χ3n) is 6.62. The number of aromatic nitrogens is 1. The van der Waals surface area contributed by atoms with Gasteiger partial charge in [-0.15, -0.1) is 0 Å². The minimum atomic E-state index is -0.758. The molecule has 0 aliphatic carbocycles. The Labute approximate surface area is 179 Å². The second-order valence-corrected chi connectivity index (χ2v) is 8.53. The molecule has 2 aromatic rings. The van der Waals surface area contributed by atoms with Gasteiger partial charge in [0, 0.05) is 11.3 Å². The Kier molecular flexibility index (Phi) is 4.17. The van der Waals surface area contributed by atoms with E-state index in [0.717, 1.165) is 5.56 Å². The topological polar surface area (TPSA) is 117 Å². The van der Waals surface area contributed by atoms with Gasteiger partial charge in [0.25, 0.3) is 11.9 Å². The summed E-state index contributed by atoms with van der Waals surface area (Å²) in [5.41, 5.74) is 5.91. The van der Waals surface area contributed by atoms with Crippen LogP contribution in [0.2, 0.25) is 0 Å². The number of anilines is 1. The fourth-order valence-corrected chi connectivity index (χ4v) is 4.69. The van der Waals surface area contributed by atoms with Gasteiger partial charge in [-0.1, -0.05) is 0 Å². The van der Waals surface area contributed by atoms with Crippen LogP contribution < -0.4 is 20.5 Å². The van der Waals surface area contributed by atoms with Crippen molar-refractivity contribution in [1.82, 2.24) is 4.98 Å². The van der Waals surface area contributed by atoms with E-state index in [9.17, 15) is 4.79 Å². The van der Waals surface area contributed by atoms with Gasteiger partial charge in [-0.2, -0.15) is 0 Å². The van der Waals surface area contributed by atoms with E-state index >= 15 is 0 Å². The highest BCUT2D eigenvalue weighted by atomic mass is 16.5. The summed E-state index contributed by atoms with van der Waals surface area (Å²) >= 11 is 0. The smallest absolute Gasteiger partial charge is 0.283 e. The van der Waals surface area contributed by atoms with Crippen LogP contribution in [0.25, 0.3) is 0 Å². The van der Waals surface area contributed by atoms with E-state index in [0.29, 0.717) is 37.0 Å². The van der Waals surface area contributed by atoms with E-state index < -0.39 is 16.6 Å². The van der Waals surface area contributed by atoms with Crippen molar-refractivity contribution in [3.8, 4) is 11.5 Å². The molecule has 1 unspecified atom stereocenters. The third-order valence-corrected chi connectivity index (χ3v) is 6.62. The normalized spacial score (nSPS) is 24.4. The van der Waals surface area contributed by atoms with E-state index in [2.05, 4.69) is 10.3 Å². The number of pyridine rings is 1. The first kappa shape index (κ1) is 19.6. The van der Waals surface area contributed by atoms with Crippen molar-refractivity contribution in [2.75, 3.05) is 32.2 Å². The molecular weight excluding hydrogens is 400 g/mol. The van der Waals surface area contributed by atoms with Gasteiger partial charge in [-0.3, -0.25) is 4.79 Å². The molecule has 1 saturated heterocycles. The number of carbonyl (C=O) groups excluding carboxylic acids is 1. The van der Waals surface area contributed by atoms with Gasteiger partial charge in [-0.25, -0.2) is 9.98 Å². The molecule has 9 nitrogen and oxygen atoms in total. The zero-order valence-electron chi connectivity index (χ0n) is 17.6. The molecule has 162 valence electrons. The highest BCUT2D eigenvalue weighted by Gasteiger charge is 2.71. The second kappa shape index (κ2) is 6.58. The molecule has 1 amide bonds. The molecule has 1 atom stereocenters. The number of ether oxygens (including phenoxy) is 4. The van der Waals surface area contributed by atoms with E-state index in [1.807, 2.05) is 26.0 Å². The lowest BCUT2D eigenvalue weighted by Gasteiger charge is -2.61. The van der Waals surface area contributed by atoms with Crippen molar-refractivity contribution < 1.29 is 23.7 Å². The number of nitrogens with one attached hydrogen (secondary N) is 1. The van der Waals surface area contributed by atoms with Crippen LogP contribution in [-0.2, 0) is 15.0 Å². The number of nitrogens with zero attached hydrogens (tertiary/aromatic N) is 2. The van der Waals surface area contributed by atoms with Crippen LogP contribution in [0, 0.1) is 5.41 Å². The minimum Gasteiger partial charge on any atom is -0.495 e. The number of aliphatic imine (C=N–C) groups is 1. The Morgan fingerprint density at radius 3 is 2.58 bits per heavy atom. The van der Waals surface area contributed by atoms with Crippen LogP contribution in [0.3, 0.4) is 0 Å². The van der Waals surface area contributed by atoms with Crippen molar-refractivity contribution in [3.05, 3.63) is 47.8 Å². The van der Waals surface area contributed by atoms with E-state index in [1.54, 1.807) is 25.3 Å². The van der Waals surface area contributed by atoms with Crippen LogP contribution in [0.15, 0.2) is 41.5 Å². The summed E-state index contributed by atoms with van der Waals surface area (Å²) in [6.45, 7) is 5.32. The van der Waals surface area contributed by atoms with Crippen LogP contribution in [0.4, 0.5) is 5.69 Å². The fourth-order valence-electron chi connectivity index (χ4n) is 4.69. The van der Waals surface area contributed by atoms with E-state index in [-0.39, 0.29) is 17.6 Å². The van der Waals surface area contributed by atoms with Crippen molar-refractivity contribution in [3.63, 3.8) is 0 Å². The molecule has 1 fully saturated rings. The van der Waals surface area contributed by atoms with Crippen LogP contribution in [0.1, 0.15) is 29.9 Å². The lowest BCUT2D eigenvalue weighted by Crippen LogP contribution is -2.71. The Hall–Kier alpha value is -3.33. The summed E-state index contributed by atoms with van der Waals surface area (Å²) in [4.78, 5) is 21.6. The number of hydrogen-bond acceptors (Lipinski definition) is 8. The lowest BCUT2D eigenvalue weighted by molar-refractivity contribution is -0.247. The molecule has 0 saturated carbocycles. The number of carbonyl (C=O) groups is 1. The first-order valence-corrected chi connectivity index (χ1v) is 10.0. The first-order chi connectivity index (χ1) is 14.8. The van der Waals surface area contributed by atoms with Crippen molar-refractivity contribution in [1.29, 1.82) is 0 Å². The lowest BCUT2D eigenvalue weighted by atomic mass is 9.55. The maximum atomic E-state index is 12.7. The van der Waals surface area contributed by atoms with Gasteiger partial charge in [0.15, 0.2) is 0 Å². The summed E-state index contributed by atoms with van der Waals surface area (Å²) in [6, 6.07) is 8.95. The summed E-state index contributed by atoms with van der Waals surface area (Å²) in [5, 5.41) is 2.90. The standard InChI is InChI=1S/C22H24N4O5/c1-20(2)21(10-29-11-21)22(12-30-19(23)26-22)15-8-13(4-7-17(15)31-20)25-18(27)16-6-5-14(28-3)9-24-16/h4-9H,10-12H2,1-3H3,(H2,23,26)(H,25,27). The first-order valence-electron chi connectivity index (χ1n) is 10.0. The van der Waals surface area contributed by atoms with Crippen molar-refractivity contribution in [2.24, 2.45) is 16.1 Å². The Bertz CT molecular complexity index is 1080. The van der Waals surface area contributed by atoms with Gasteiger partial charge in [0.2, 0.25) is 0 Å². The summed E-state index contributed by atoms with van der Waals surface area (Å²) < 4.78 is 22.7. The Balaban J connectivity index is 1.53. The quantitative estimate of drug-likeness (QED) is 0.774. The molecule has 9 heteroatoms. The van der Waals surface area contributed by atoms with Crippen LogP contribution in [0.5, 0.6) is 11.5 Å². The molecule has 0 radical (unpaired) electrons. The highest BCUT2D eigenvalue weighted by Crippen LogP contribution is 2.62. The molecule has 2 spiro atoms. The molecule has 1 aromatic heterocycles. The highest BCUT2D eigenvalue weighted by molar-refractivity contribution is 6.03. The summed E-state index contributed by atoms with van der Waals surface area (Å²) in [5.74, 6) is 0.933. The zero-order valence-corrected chi connectivity index (χ0v) is 17.6. The van der Waals surface area contributed by atoms with E-state index in [4.69, 9.17) is 29.7 Å². The molecule has 3 aliphatic rings. The predicted octanol–water partition coefficient (Wildman–Crippen LogP) is 2.07. The van der Waals surface area contributed by atoms with Crippen molar-refractivity contribution >= 4 is 17.6 Å². The number of methoxy groups -OCH3 is 1. The molecule has 4 heterocycles. The minimum absolute atomic E-state index is 0.145. The van der Waals surface area contributed by atoms with Crippen LogP contribution in [-0.4, -0.2) is 49.4 Å². The Morgan fingerprint density at radius 1 is 1.19 bits per heavy atom.